The zero-order chi connectivity index (χ0) is 11.5. The van der Waals surface area contributed by atoms with E-state index in [4.69, 9.17) is 10.8 Å². The zero-order valence-electron chi connectivity index (χ0n) is 8.44. The molecule has 4 heteroatoms. The van der Waals surface area contributed by atoms with Crippen molar-refractivity contribution in [3.8, 4) is 5.75 Å². The Bertz CT molecular complexity index is 497. The lowest BCUT2D eigenvalue weighted by Crippen LogP contribution is -1.96. The molecule has 2 rings (SSSR count). The number of hydrogen-bond acceptors (Lipinski definition) is 3. The molecule has 0 aliphatic heterocycles. The Hall–Kier alpha value is -2.23. The van der Waals surface area contributed by atoms with Crippen molar-refractivity contribution in [2.75, 3.05) is 11.1 Å². The second-order valence-corrected chi connectivity index (χ2v) is 3.40. The lowest BCUT2D eigenvalue weighted by atomic mass is 10.2. The maximum atomic E-state index is 12.8. The van der Waals surface area contributed by atoms with E-state index in [9.17, 15) is 4.39 Å². The molecule has 0 saturated carbocycles. The maximum absolute atomic E-state index is 12.8. The van der Waals surface area contributed by atoms with Gasteiger partial charge in [-0.2, -0.15) is 0 Å². The minimum absolute atomic E-state index is 0.192. The van der Waals surface area contributed by atoms with Crippen LogP contribution >= 0.6 is 0 Å². The molecule has 0 unspecified atom stereocenters. The predicted octanol–water partition coefficient (Wildman–Crippen LogP) is 2.86. The van der Waals surface area contributed by atoms with Crippen LogP contribution in [0.3, 0.4) is 0 Å². The van der Waals surface area contributed by atoms with E-state index in [1.807, 2.05) is 0 Å². The van der Waals surface area contributed by atoms with Crippen LogP contribution in [0.5, 0.6) is 5.75 Å². The number of phenols is 1. The highest BCUT2D eigenvalue weighted by molar-refractivity contribution is 5.72. The normalized spacial score (nSPS) is 10.1. The van der Waals surface area contributed by atoms with Crippen molar-refractivity contribution in [2.45, 2.75) is 0 Å². The Kier molecular flexibility index (Phi) is 2.64. The fourth-order valence-corrected chi connectivity index (χ4v) is 1.35. The number of aromatic hydroxyl groups is 1. The number of nitrogens with two attached hydrogens (primary N) is 1. The van der Waals surface area contributed by atoms with Gasteiger partial charge in [-0.3, -0.25) is 0 Å². The molecular weight excluding hydrogens is 207 g/mol. The fraction of sp³-hybridized carbons (Fsp3) is 0. The van der Waals surface area contributed by atoms with E-state index in [1.54, 1.807) is 30.3 Å². The van der Waals surface area contributed by atoms with Gasteiger partial charge in [-0.25, -0.2) is 4.39 Å². The highest BCUT2D eigenvalue weighted by Crippen LogP contribution is 2.24. The van der Waals surface area contributed by atoms with Crippen molar-refractivity contribution in [2.24, 2.45) is 0 Å². The third-order valence-electron chi connectivity index (χ3n) is 2.16. The molecule has 2 aromatic rings. The van der Waals surface area contributed by atoms with Crippen molar-refractivity contribution < 1.29 is 9.50 Å². The number of hydrogen-bond donors (Lipinski definition) is 3. The topological polar surface area (TPSA) is 58.3 Å². The SMILES string of the molecule is Nc1cc(F)ccc1Nc1ccc(O)cc1. The third-order valence-corrected chi connectivity index (χ3v) is 2.16. The Labute approximate surface area is 92.3 Å². The van der Waals surface area contributed by atoms with Crippen LogP contribution in [0.15, 0.2) is 42.5 Å². The molecule has 16 heavy (non-hydrogen) atoms. The minimum Gasteiger partial charge on any atom is -0.508 e. The summed E-state index contributed by atoms with van der Waals surface area (Å²) in [6, 6.07) is 10.7. The van der Waals surface area contributed by atoms with Gasteiger partial charge in [-0.1, -0.05) is 0 Å². The number of halogens is 1. The summed E-state index contributed by atoms with van der Waals surface area (Å²) in [5.74, 6) is -0.175. The van der Waals surface area contributed by atoms with E-state index < -0.39 is 0 Å². The van der Waals surface area contributed by atoms with Gasteiger partial charge in [0.1, 0.15) is 11.6 Å². The van der Waals surface area contributed by atoms with Crippen LogP contribution in [-0.2, 0) is 0 Å². The average molecular weight is 218 g/mol. The molecular formula is C12H11FN2O. The summed E-state index contributed by atoms with van der Waals surface area (Å²) in [6.45, 7) is 0. The number of nitrogens with one attached hydrogen (secondary N) is 1. The standard InChI is InChI=1S/C12H11FN2O/c13-8-1-6-12(11(14)7-8)15-9-2-4-10(16)5-3-9/h1-7,15-16H,14H2. The van der Waals surface area contributed by atoms with Gasteiger partial charge >= 0.3 is 0 Å². The van der Waals surface area contributed by atoms with Gasteiger partial charge < -0.3 is 16.2 Å². The molecule has 0 spiro atoms. The molecule has 0 bridgehead atoms. The van der Waals surface area contributed by atoms with E-state index in [2.05, 4.69) is 5.32 Å². The van der Waals surface area contributed by atoms with Crippen LogP contribution in [0.25, 0.3) is 0 Å². The molecule has 0 amide bonds. The van der Waals surface area contributed by atoms with E-state index in [0.29, 0.717) is 11.4 Å². The fourth-order valence-electron chi connectivity index (χ4n) is 1.35. The van der Waals surface area contributed by atoms with Gasteiger partial charge in [0.15, 0.2) is 0 Å². The summed E-state index contributed by atoms with van der Waals surface area (Å²) in [6.07, 6.45) is 0. The lowest BCUT2D eigenvalue weighted by Gasteiger charge is -2.09. The summed E-state index contributed by atoms with van der Waals surface area (Å²) in [4.78, 5) is 0. The average Bonchev–Trinajstić information content (AvgIpc) is 2.25. The Morgan fingerprint density at radius 2 is 1.75 bits per heavy atom. The van der Waals surface area contributed by atoms with Gasteiger partial charge in [0.2, 0.25) is 0 Å². The molecule has 0 atom stereocenters. The predicted molar refractivity (Wildman–Crippen MR) is 62.2 cm³/mol. The molecule has 0 heterocycles. The van der Waals surface area contributed by atoms with E-state index in [0.717, 1.165) is 5.69 Å². The van der Waals surface area contributed by atoms with E-state index in [1.165, 1.54) is 12.1 Å². The number of nitrogen functional groups attached to an aromatic ring is 1. The van der Waals surface area contributed by atoms with E-state index >= 15 is 0 Å². The smallest absolute Gasteiger partial charge is 0.125 e. The highest BCUT2D eigenvalue weighted by atomic mass is 19.1. The quantitative estimate of drug-likeness (QED) is 0.536. The maximum Gasteiger partial charge on any atom is 0.125 e. The molecule has 0 aliphatic rings. The molecule has 0 aliphatic carbocycles. The summed E-state index contributed by atoms with van der Waals surface area (Å²) in [5, 5.41) is 12.1. The molecule has 3 nitrogen and oxygen atoms in total. The largest absolute Gasteiger partial charge is 0.508 e. The van der Waals surface area contributed by atoms with E-state index in [-0.39, 0.29) is 11.6 Å². The number of phenolic OH excluding ortho intramolecular Hbond substituents is 1. The van der Waals surface area contributed by atoms with Gasteiger partial charge in [-0.15, -0.1) is 0 Å². The molecule has 82 valence electrons. The molecule has 0 radical (unpaired) electrons. The summed E-state index contributed by atoms with van der Waals surface area (Å²) in [5.41, 5.74) is 7.39. The van der Waals surface area contributed by atoms with Crippen LogP contribution in [0.2, 0.25) is 0 Å². The molecule has 4 N–H and O–H groups in total. The summed E-state index contributed by atoms with van der Waals surface area (Å²) < 4.78 is 12.8. The molecule has 2 aromatic carbocycles. The molecule has 0 aromatic heterocycles. The summed E-state index contributed by atoms with van der Waals surface area (Å²) in [7, 11) is 0. The first-order valence-electron chi connectivity index (χ1n) is 4.76. The van der Waals surface area contributed by atoms with Gasteiger partial charge in [-0.05, 0) is 42.5 Å². The zero-order valence-corrected chi connectivity index (χ0v) is 8.44. The summed E-state index contributed by atoms with van der Waals surface area (Å²) >= 11 is 0. The minimum atomic E-state index is -0.367. The van der Waals surface area contributed by atoms with Crippen molar-refractivity contribution in [3.05, 3.63) is 48.3 Å². The highest BCUT2D eigenvalue weighted by Gasteiger charge is 2.01. The molecule has 0 saturated heterocycles. The van der Waals surface area contributed by atoms with Crippen LogP contribution in [0.4, 0.5) is 21.5 Å². The van der Waals surface area contributed by atoms with Crippen molar-refractivity contribution in [1.82, 2.24) is 0 Å². The number of rotatable bonds is 2. The van der Waals surface area contributed by atoms with Crippen LogP contribution in [0, 0.1) is 5.82 Å². The Morgan fingerprint density at radius 3 is 2.38 bits per heavy atom. The second kappa shape index (κ2) is 4.10. The van der Waals surface area contributed by atoms with Crippen LogP contribution in [0.1, 0.15) is 0 Å². The first kappa shape index (κ1) is 10.3. The van der Waals surface area contributed by atoms with Crippen LogP contribution in [-0.4, -0.2) is 5.11 Å². The monoisotopic (exact) mass is 218 g/mol. The lowest BCUT2D eigenvalue weighted by molar-refractivity contribution is 0.475. The number of benzene rings is 2. The molecule has 0 fully saturated rings. The van der Waals surface area contributed by atoms with Gasteiger partial charge in [0, 0.05) is 5.69 Å². The van der Waals surface area contributed by atoms with Crippen molar-refractivity contribution >= 4 is 17.1 Å². The number of anilines is 3. The Morgan fingerprint density at radius 1 is 1.06 bits per heavy atom. The second-order valence-electron chi connectivity index (χ2n) is 3.40. The first-order chi connectivity index (χ1) is 7.65. The van der Waals surface area contributed by atoms with Crippen LogP contribution < -0.4 is 11.1 Å². The van der Waals surface area contributed by atoms with Crippen molar-refractivity contribution in [3.63, 3.8) is 0 Å². The van der Waals surface area contributed by atoms with Gasteiger partial charge in [0.05, 0.1) is 11.4 Å². The van der Waals surface area contributed by atoms with Crippen molar-refractivity contribution in [1.29, 1.82) is 0 Å². The first-order valence-corrected chi connectivity index (χ1v) is 4.76. The van der Waals surface area contributed by atoms with Gasteiger partial charge in [0.25, 0.3) is 0 Å². The Balaban J connectivity index is 2.23. The third kappa shape index (κ3) is 2.23.